The van der Waals surface area contributed by atoms with Crippen LogP contribution in [0.5, 0.6) is 0 Å². The predicted octanol–water partition coefficient (Wildman–Crippen LogP) is 2.79. The van der Waals surface area contributed by atoms with Crippen LogP contribution in [0.3, 0.4) is 0 Å². The van der Waals surface area contributed by atoms with E-state index in [2.05, 4.69) is 81.8 Å². The van der Waals surface area contributed by atoms with Gasteiger partial charge in [0, 0.05) is 51.7 Å². The summed E-state index contributed by atoms with van der Waals surface area (Å²) in [5.41, 5.74) is 1.33. The first-order valence-electron chi connectivity index (χ1n) is 8.48. The molecule has 0 radical (unpaired) electrons. The Morgan fingerprint density at radius 1 is 1.12 bits per heavy atom. The molecule has 1 unspecified atom stereocenters. The summed E-state index contributed by atoms with van der Waals surface area (Å²) in [5, 5.41) is 6.76. The molecule has 6 heteroatoms. The molecule has 0 amide bonds. The average molecular weight is 455 g/mol. The number of nitrogens with zero attached hydrogens (tertiary/aromatic N) is 3. The van der Waals surface area contributed by atoms with Gasteiger partial charge in [0.2, 0.25) is 0 Å². The molecule has 0 aliphatic heterocycles. The first-order valence-corrected chi connectivity index (χ1v) is 8.48. The smallest absolute Gasteiger partial charge is 0.191 e. The number of benzene rings is 1. The highest BCUT2D eigenvalue weighted by Gasteiger charge is 2.10. The molecule has 1 heterocycles. The van der Waals surface area contributed by atoms with Gasteiger partial charge in [-0.15, -0.1) is 24.0 Å². The maximum atomic E-state index is 4.29. The fourth-order valence-corrected chi connectivity index (χ4v) is 2.47. The van der Waals surface area contributed by atoms with Crippen molar-refractivity contribution in [3.63, 3.8) is 0 Å². The SMILES string of the molecule is CN=C(NCCn1cccc1)NCC(C)N(C)Cc1ccccc1.I. The highest BCUT2D eigenvalue weighted by Crippen LogP contribution is 2.05. The van der Waals surface area contributed by atoms with Gasteiger partial charge >= 0.3 is 0 Å². The normalized spacial score (nSPS) is 12.6. The van der Waals surface area contributed by atoms with E-state index in [9.17, 15) is 0 Å². The van der Waals surface area contributed by atoms with Crippen molar-refractivity contribution >= 4 is 29.9 Å². The van der Waals surface area contributed by atoms with Gasteiger partial charge in [-0.05, 0) is 31.7 Å². The van der Waals surface area contributed by atoms with E-state index in [1.165, 1.54) is 5.56 Å². The Bertz CT molecular complexity index is 598. The Kier molecular flexibility index (Phi) is 10.3. The number of guanidine groups is 1. The zero-order valence-corrected chi connectivity index (χ0v) is 17.7. The third-order valence-corrected chi connectivity index (χ3v) is 4.14. The number of hydrogen-bond acceptors (Lipinski definition) is 2. The van der Waals surface area contributed by atoms with Crippen LogP contribution in [0, 0.1) is 0 Å². The van der Waals surface area contributed by atoms with Gasteiger partial charge in [-0.25, -0.2) is 0 Å². The first-order chi connectivity index (χ1) is 11.7. The van der Waals surface area contributed by atoms with Crippen LogP contribution in [0.4, 0.5) is 0 Å². The van der Waals surface area contributed by atoms with Crippen molar-refractivity contribution < 1.29 is 0 Å². The van der Waals surface area contributed by atoms with E-state index < -0.39 is 0 Å². The number of rotatable bonds is 8. The third kappa shape index (κ3) is 7.92. The Morgan fingerprint density at radius 3 is 2.44 bits per heavy atom. The van der Waals surface area contributed by atoms with Crippen molar-refractivity contribution in [1.82, 2.24) is 20.1 Å². The van der Waals surface area contributed by atoms with E-state index in [-0.39, 0.29) is 24.0 Å². The summed E-state index contributed by atoms with van der Waals surface area (Å²) in [6, 6.07) is 15.0. The molecule has 25 heavy (non-hydrogen) atoms. The van der Waals surface area contributed by atoms with Gasteiger partial charge in [0.15, 0.2) is 5.96 Å². The molecule has 0 aliphatic carbocycles. The molecule has 5 nitrogen and oxygen atoms in total. The number of halogens is 1. The van der Waals surface area contributed by atoms with E-state index in [1.54, 1.807) is 0 Å². The summed E-state index contributed by atoms with van der Waals surface area (Å²) in [6.07, 6.45) is 4.14. The number of aromatic nitrogens is 1. The van der Waals surface area contributed by atoms with Crippen LogP contribution in [0.2, 0.25) is 0 Å². The minimum Gasteiger partial charge on any atom is -0.355 e. The largest absolute Gasteiger partial charge is 0.355 e. The second-order valence-corrected chi connectivity index (χ2v) is 6.05. The van der Waals surface area contributed by atoms with E-state index in [4.69, 9.17) is 0 Å². The summed E-state index contributed by atoms with van der Waals surface area (Å²) in [6.45, 7) is 5.80. The van der Waals surface area contributed by atoms with E-state index in [0.717, 1.165) is 32.1 Å². The molecule has 1 atom stereocenters. The maximum Gasteiger partial charge on any atom is 0.191 e. The summed E-state index contributed by atoms with van der Waals surface area (Å²) < 4.78 is 2.15. The minimum absolute atomic E-state index is 0. The monoisotopic (exact) mass is 455 g/mol. The standard InChI is InChI=1S/C19H29N5.HI/c1-17(23(3)16-18-9-5-4-6-10-18)15-22-19(20-2)21-11-14-24-12-7-8-13-24;/h4-10,12-13,17H,11,14-16H2,1-3H3,(H2,20,21,22);1H. The number of hydrogen-bond donors (Lipinski definition) is 2. The van der Waals surface area contributed by atoms with Crippen LogP contribution in [0.1, 0.15) is 12.5 Å². The van der Waals surface area contributed by atoms with Crippen LogP contribution in [-0.2, 0) is 13.1 Å². The van der Waals surface area contributed by atoms with Crippen LogP contribution < -0.4 is 10.6 Å². The molecule has 138 valence electrons. The number of nitrogens with one attached hydrogen (secondary N) is 2. The Labute approximate surface area is 168 Å². The highest BCUT2D eigenvalue weighted by atomic mass is 127. The zero-order valence-electron chi connectivity index (χ0n) is 15.4. The molecule has 2 aromatic rings. The molecule has 1 aromatic heterocycles. The quantitative estimate of drug-likeness (QED) is 0.366. The van der Waals surface area contributed by atoms with Gasteiger partial charge in [0.05, 0.1) is 0 Å². The van der Waals surface area contributed by atoms with Crippen molar-refractivity contribution in [2.24, 2.45) is 4.99 Å². The fraction of sp³-hybridized carbons (Fsp3) is 0.421. The molecule has 0 fully saturated rings. The Balaban J connectivity index is 0.00000312. The van der Waals surface area contributed by atoms with Crippen LogP contribution in [0.15, 0.2) is 59.9 Å². The van der Waals surface area contributed by atoms with E-state index >= 15 is 0 Å². The van der Waals surface area contributed by atoms with Gasteiger partial charge in [0.1, 0.15) is 0 Å². The molecule has 2 rings (SSSR count). The first kappa shape index (κ1) is 21.5. The van der Waals surface area contributed by atoms with Crippen molar-refractivity contribution in [3.8, 4) is 0 Å². The van der Waals surface area contributed by atoms with Crippen molar-refractivity contribution in [2.75, 3.05) is 27.2 Å². The molecule has 0 bridgehead atoms. The fourth-order valence-electron chi connectivity index (χ4n) is 2.47. The molecule has 2 N–H and O–H groups in total. The lowest BCUT2D eigenvalue weighted by molar-refractivity contribution is 0.249. The predicted molar refractivity (Wildman–Crippen MR) is 117 cm³/mol. The molecule has 0 aliphatic rings. The lowest BCUT2D eigenvalue weighted by atomic mass is 10.2. The van der Waals surface area contributed by atoms with Crippen LogP contribution in [0.25, 0.3) is 0 Å². The number of aliphatic imine (C=N–C) groups is 1. The van der Waals surface area contributed by atoms with Gasteiger partial charge in [0.25, 0.3) is 0 Å². The second-order valence-electron chi connectivity index (χ2n) is 6.05. The third-order valence-electron chi connectivity index (χ3n) is 4.14. The highest BCUT2D eigenvalue weighted by molar-refractivity contribution is 14.0. The van der Waals surface area contributed by atoms with Crippen LogP contribution in [-0.4, -0.2) is 48.7 Å². The second kappa shape index (κ2) is 11.9. The summed E-state index contributed by atoms with van der Waals surface area (Å²) in [7, 11) is 3.96. The Hall–Kier alpha value is -1.54. The maximum absolute atomic E-state index is 4.29. The zero-order chi connectivity index (χ0) is 17.2. The summed E-state index contributed by atoms with van der Waals surface area (Å²) in [4.78, 5) is 6.63. The van der Waals surface area contributed by atoms with Crippen molar-refractivity contribution in [1.29, 1.82) is 0 Å². The van der Waals surface area contributed by atoms with E-state index in [0.29, 0.717) is 6.04 Å². The molecule has 0 saturated heterocycles. The summed E-state index contributed by atoms with van der Waals surface area (Å²) in [5.74, 6) is 0.849. The molecule has 0 saturated carbocycles. The van der Waals surface area contributed by atoms with Crippen LogP contribution >= 0.6 is 24.0 Å². The molecule has 1 aromatic carbocycles. The Morgan fingerprint density at radius 2 is 1.80 bits per heavy atom. The number of likely N-dealkylation sites (N-methyl/N-ethyl adjacent to an activating group) is 1. The van der Waals surface area contributed by atoms with Gasteiger partial charge in [-0.3, -0.25) is 9.89 Å². The van der Waals surface area contributed by atoms with Crippen molar-refractivity contribution in [3.05, 3.63) is 60.4 Å². The van der Waals surface area contributed by atoms with Gasteiger partial charge in [-0.2, -0.15) is 0 Å². The molecule has 0 spiro atoms. The lowest BCUT2D eigenvalue weighted by Crippen LogP contribution is -2.45. The van der Waals surface area contributed by atoms with E-state index in [1.807, 2.05) is 19.2 Å². The lowest BCUT2D eigenvalue weighted by Gasteiger charge is -2.25. The van der Waals surface area contributed by atoms with Gasteiger partial charge in [-0.1, -0.05) is 30.3 Å². The molecular formula is C19H30IN5. The topological polar surface area (TPSA) is 44.6 Å². The average Bonchev–Trinajstić information content (AvgIpc) is 3.12. The molecular weight excluding hydrogens is 425 g/mol. The minimum atomic E-state index is 0. The van der Waals surface area contributed by atoms with Gasteiger partial charge < -0.3 is 15.2 Å². The van der Waals surface area contributed by atoms with Crippen molar-refractivity contribution in [2.45, 2.75) is 26.1 Å². The summed E-state index contributed by atoms with van der Waals surface area (Å²) >= 11 is 0.